The largest absolute Gasteiger partial charge is 0.292 e. The van der Waals surface area contributed by atoms with Crippen molar-refractivity contribution in [1.82, 2.24) is 9.55 Å². The number of hydrogen-bond acceptors (Lipinski definition) is 1. The number of benzene rings is 8. The summed E-state index contributed by atoms with van der Waals surface area (Å²) in [6.07, 6.45) is 0. The van der Waals surface area contributed by atoms with E-state index in [4.69, 9.17) is 25.5 Å². The average molecular weight is 614 g/mol. The second-order valence-corrected chi connectivity index (χ2v) is 10.9. The average Bonchev–Trinajstić information content (AvgIpc) is 3.66. The number of nitrogens with zero attached hydrogens (tertiary/aromatic N) is 2. The molecule has 0 fully saturated rings. The van der Waals surface area contributed by atoms with Crippen LogP contribution >= 0.6 is 0 Å². The van der Waals surface area contributed by atoms with E-state index in [1.54, 1.807) is 71.3 Å². The second kappa shape index (κ2) is 11.3. The summed E-state index contributed by atoms with van der Waals surface area (Å²) in [5.41, 5.74) is 3.36. The van der Waals surface area contributed by atoms with Gasteiger partial charge in [0.1, 0.15) is 5.82 Å². The van der Waals surface area contributed by atoms with E-state index in [-0.39, 0.29) is 22.4 Å². The molecule has 0 amide bonds. The summed E-state index contributed by atoms with van der Waals surface area (Å²) in [7, 11) is 0. The second-order valence-electron chi connectivity index (χ2n) is 10.9. The summed E-state index contributed by atoms with van der Waals surface area (Å²) in [5, 5.41) is 2.16. The van der Waals surface area contributed by atoms with E-state index in [1.165, 1.54) is 0 Å². The van der Waals surface area contributed by atoms with Crippen LogP contribution in [-0.2, 0) is 0 Å². The topological polar surface area (TPSA) is 17.8 Å². The van der Waals surface area contributed by atoms with Crippen molar-refractivity contribution in [3.8, 4) is 50.5 Å². The third-order valence-electron chi connectivity index (χ3n) is 8.27. The first-order valence-electron chi connectivity index (χ1n) is 22.3. The SMILES string of the molecule is [2H]c1c([2H])c([2H])c(-c2ccc3c(-c4ccc(-c5nc6ccccc6n5-c5c([2H])c([2H])c([2H])c([2H])c5[2H])cc4)c4ccccc4c(-c4c([2H])c([2H])c([2H])c([2H])c4[2H])c3c2)c([2H])c1[2H]. The number of hydrogen-bond donors (Lipinski definition) is 0. The molecule has 0 N–H and O–H groups in total. The summed E-state index contributed by atoms with van der Waals surface area (Å²) in [6, 6.07) is 19.4. The Morgan fingerprint density at radius 1 is 0.426 bits per heavy atom. The smallest absolute Gasteiger partial charge is 0.145 e. The molecule has 0 bridgehead atoms. The molecule has 0 unspecified atom stereocenters. The lowest BCUT2D eigenvalue weighted by atomic mass is 9.84. The molecule has 2 nitrogen and oxygen atoms in total. The Bertz CT molecular complexity index is 3330. The molecular formula is C45H30N2. The highest BCUT2D eigenvalue weighted by Gasteiger charge is 2.19. The van der Waals surface area contributed by atoms with E-state index >= 15 is 0 Å². The highest BCUT2D eigenvalue weighted by Crippen LogP contribution is 2.45. The van der Waals surface area contributed by atoms with Crippen LogP contribution in [0, 0.1) is 0 Å². The van der Waals surface area contributed by atoms with Crippen LogP contribution in [0.25, 0.3) is 83.0 Å². The van der Waals surface area contributed by atoms with Gasteiger partial charge in [-0.3, -0.25) is 4.57 Å². The fourth-order valence-electron chi connectivity index (χ4n) is 6.27. The number of rotatable bonds is 5. The van der Waals surface area contributed by atoms with Crippen LogP contribution in [0.4, 0.5) is 0 Å². The highest BCUT2D eigenvalue weighted by molar-refractivity contribution is 6.22. The lowest BCUT2D eigenvalue weighted by molar-refractivity contribution is 1.10. The third-order valence-corrected chi connectivity index (χ3v) is 8.27. The molecule has 1 aromatic heterocycles. The molecule has 47 heavy (non-hydrogen) atoms. The maximum atomic E-state index is 9.03. The van der Waals surface area contributed by atoms with Gasteiger partial charge < -0.3 is 0 Å². The first-order valence-corrected chi connectivity index (χ1v) is 14.8. The van der Waals surface area contributed by atoms with Crippen molar-refractivity contribution in [2.75, 3.05) is 0 Å². The predicted octanol–water partition coefficient (Wildman–Crippen LogP) is 12.0. The van der Waals surface area contributed by atoms with E-state index in [9.17, 15) is 0 Å². The normalized spacial score (nSPS) is 15.9. The van der Waals surface area contributed by atoms with Gasteiger partial charge in [-0.15, -0.1) is 0 Å². The van der Waals surface area contributed by atoms with Crippen LogP contribution in [-0.4, -0.2) is 9.55 Å². The molecule has 220 valence electrons. The number of imidazole rings is 1. The highest BCUT2D eigenvalue weighted by atomic mass is 15.1. The van der Waals surface area contributed by atoms with E-state index in [1.807, 2.05) is 24.3 Å². The molecule has 9 aromatic rings. The van der Waals surface area contributed by atoms with Gasteiger partial charge in [0, 0.05) is 11.3 Å². The van der Waals surface area contributed by atoms with Gasteiger partial charge in [-0.2, -0.15) is 0 Å². The van der Waals surface area contributed by atoms with Crippen molar-refractivity contribution >= 4 is 32.6 Å². The van der Waals surface area contributed by atoms with Crippen LogP contribution < -0.4 is 0 Å². The van der Waals surface area contributed by atoms with Crippen molar-refractivity contribution in [3.63, 3.8) is 0 Å². The molecule has 0 saturated heterocycles. The monoisotopic (exact) mass is 613 g/mol. The van der Waals surface area contributed by atoms with Crippen LogP contribution in [0.3, 0.4) is 0 Å². The minimum atomic E-state index is -0.561. The first kappa shape index (κ1) is 15.8. The van der Waals surface area contributed by atoms with Crippen molar-refractivity contribution in [2.45, 2.75) is 0 Å². The zero-order valence-corrected chi connectivity index (χ0v) is 24.6. The molecule has 0 aliphatic heterocycles. The van der Waals surface area contributed by atoms with Gasteiger partial charge in [0.2, 0.25) is 0 Å². The zero-order chi connectivity index (χ0) is 44.2. The summed E-state index contributed by atoms with van der Waals surface area (Å²) in [6.45, 7) is 0. The van der Waals surface area contributed by atoms with Gasteiger partial charge in [0.05, 0.1) is 31.6 Å². The Balaban J connectivity index is 1.34. The van der Waals surface area contributed by atoms with Gasteiger partial charge in [-0.1, -0.05) is 151 Å². The molecule has 8 aromatic carbocycles. The molecule has 9 rings (SSSR count). The van der Waals surface area contributed by atoms with Gasteiger partial charge in [0.15, 0.2) is 0 Å². The number of aromatic nitrogens is 2. The fraction of sp³-hybridized carbons (Fsp3) is 0. The fourth-order valence-corrected chi connectivity index (χ4v) is 6.27. The van der Waals surface area contributed by atoms with Crippen LogP contribution in [0.1, 0.15) is 20.6 Å². The Hall–Kier alpha value is -6.25. The lowest BCUT2D eigenvalue weighted by Crippen LogP contribution is -1.97. The summed E-state index contributed by atoms with van der Waals surface area (Å²) in [5.74, 6) is 0.325. The molecule has 2 heteroatoms. The Labute approximate surface area is 294 Å². The lowest BCUT2D eigenvalue weighted by Gasteiger charge is -2.19. The molecule has 1 heterocycles. The first-order chi connectivity index (χ1) is 29.5. The summed E-state index contributed by atoms with van der Waals surface area (Å²) in [4.78, 5) is 4.86. The number of fused-ring (bicyclic) bond motifs is 3. The minimum Gasteiger partial charge on any atom is -0.292 e. The van der Waals surface area contributed by atoms with E-state index in [0.29, 0.717) is 60.7 Å². The molecule has 0 radical (unpaired) electrons. The van der Waals surface area contributed by atoms with Gasteiger partial charge >= 0.3 is 0 Å². The molecule has 0 aliphatic carbocycles. The van der Waals surface area contributed by atoms with Crippen LogP contribution in [0.5, 0.6) is 0 Å². The van der Waals surface area contributed by atoms with Gasteiger partial charge in [-0.05, 0) is 85.2 Å². The maximum absolute atomic E-state index is 9.03. The van der Waals surface area contributed by atoms with Crippen molar-refractivity contribution in [2.24, 2.45) is 0 Å². The quantitative estimate of drug-likeness (QED) is 0.177. The molecular weight excluding hydrogens is 569 g/mol. The molecule has 0 saturated carbocycles. The maximum Gasteiger partial charge on any atom is 0.145 e. The predicted molar refractivity (Wildman–Crippen MR) is 198 cm³/mol. The Morgan fingerprint density at radius 3 is 1.66 bits per heavy atom. The van der Waals surface area contributed by atoms with Gasteiger partial charge in [0.25, 0.3) is 0 Å². The van der Waals surface area contributed by atoms with E-state index in [0.717, 1.165) is 0 Å². The molecule has 0 aliphatic rings. The zero-order valence-electron chi connectivity index (χ0n) is 39.6. The number of para-hydroxylation sites is 3. The van der Waals surface area contributed by atoms with Crippen LogP contribution in [0.15, 0.2) is 182 Å². The minimum absolute atomic E-state index is 0.0566. The Kier molecular flexibility index (Phi) is 3.80. The Morgan fingerprint density at radius 2 is 0.957 bits per heavy atom. The summed E-state index contributed by atoms with van der Waals surface area (Å²) < 4.78 is 130. The van der Waals surface area contributed by atoms with Crippen molar-refractivity contribution in [3.05, 3.63) is 182 Å². The van der Waals surface area contributed by atoms with Crippen molar-refractivity contribution < 1.29 is 20.6 Å². The molecule has 0 spiro atoms. The van der Waals surface area contributed by atoms with E-state index < -0.39 is 90.6 Å². The van der Waals surface area contributed by atoms with Gasteiger partial charge in [-0.25, -0.2) is 4.98 Å². The summed E-state index contributed by atoms with van der Waals surface area (Å²) >= 11 is 0. The third kappa shape index (κ3) is 4.62. The van der Waals surface area contributed by atoms with Crippen molar-refractivity contribution in [1.29, 1.82) is 0 Å². The van der Waals surface area contributed by atoms with Crippen LogP contribution in [0.2, 0.25) is 0 Å². The molecule has 0 atom stereocenters. The van der Waals surface area contributed by atoms with E-state index in [2.05, 4.69) is 0 Å². The standard InChI is InChI=1S/C45H30N2/c1-4-14-31(15-5-1)35-28-29-39-40(30-35)44(32-16-6-2-7-17-32)38-21-11-10-20-37(38)43(39)33-24-26-34(27-25-33)45-46-41-22-12-13-23-42(41)47(45)36-18-8-3-9-19-36/h1-30H/i1D,2D,3D,4D,5D,6D,7D,8D,9D,14D,15D,16D,17D,18D,19D.